The molecule has 0 aromatic carbocycles. The lowest BCUT2D eigenvalue weighted by Crippen LogP contribution is -2.20. The van der Waals surface area contributed by atoms with Gasteiger partial charge in [-0.2, -0.15) is 18.9 Å². The third-order valence-electron chi connectivity index (χ3n) is 5.93. The van der Waals surface area contributed by atoms with Crippen molar-refractivity contribution in [2.45, 2.75) is 38.7 Å². The second kappa shape index (κ2) is 9.67. The molecule has 5 rings (SSSR count). The molecule has 13 heteroatoms. The van der Waals surface area contributed by atoms with Gasteiger partial charge in [0.2, 0.25) is 5.95 Å². The normalized spacial score (nSPS) is 15.9. The van der Waals surface area contributed by atoms with Gasteiger partial charge in [-0.3, -0.25) is 14.5 Å². The first-order chi connectivity index (χ1) is 17.6. The van der Waals surface area contributed by atoms with E-state index in [1.807, 2.05) is 0 Å². The van der Waals surface area contributed by atoms with Crippen LogP contribution < -0.4 is 10.1 Å². The van der Waals surface area contributed by atoms with E-state index in [9.17, 15) is 13.6 Å². The maximum absolute atomic E-state index is 14.3. The number of pyridine rings is 2. The number of carbonyl (C=O) groups is 1. The minimum Gasteiger partial charge on any atom is -0.454 e. The van der Waals surface area contributed by atoms with Gasteiger partial charge in [-0.25, -0.2) is 4.98 Å². The zero-order valence-electron chi connectivity index (χ0n) is 20.3. The molecule has 1 fully saturated rings. The van der Waals surface area contributed by atoms with E-state index in [4.69, 9.17) is 21.1 Å². The number of Topliss-reactive ketones (excluding diaryl/α,β-unsaturated/α-hetero) is 1. The number of hydrogen-bond acceptors (Lipinski definition) is 8. The van der Waals surface area contributed by atoms with Gasteiger partial charge in [0.1, 0.15) is 27.8 Å². The maximum Gasteiger partial charge on any atom is 0.286 e. The molecule has 4 aromatic rings. The Morgan fingerprint density at radius 1 is 1.35 bits per heavy atom. The highest BCUT2D eigenvalue weighted by Crippen LogP contribution is 2.37. The molecule has 5 heterocycles. The summed E-state index contributed by atoms with van der Waals surface area (Å²) in [6.07, 6.45) is 3.78. The number of imidazole rings is 1. The fourth-order valence-electron chi connectivity index (χ4n) is 4.19. The lowest BCUT2D eigenvalue weighted by atomic mass is 10.2. The van der Waals surface area contributed by atoms with Crippen molar-refractivity contribution in [3.05, 3.63) is 47.0 Å². The highest BCUT2D eigenvalue weighted by atomic mass is 35.5. The number of aryl methyl sites for hydroxylation is 1. The molecule has 1 saturated heterocycles. The molecule has 10 nitrogen and oxygen atoms in total. The molecular weight excluding hydrogens is 508 g/mol. The second-order valence-corrected chi connectivity index (χ2v) is 9.33. The highest BCUT2D eigenvalue weighted by Gasteiger charge is 2.34. The van der Waals surface area contributed by atoms with Crippen LogP contribution in [0.15, 0.2) is 30.6 Å². The number of ether oxygens (including phenoxy) is 2. The first kappa shape index (κ1) is 25.0. The van der Waals surface area contributed by atoms with Crippen molar-refractivity contribution in [1.29, 1.82) is 0 Å². The molecule has 1 atom stereocenters. The van der Waals surface area contributed by atoms with Crippen LogP contribution in [0.4, 0.5) is 20.5 Å². The Bertz CT molecular complexity index is 1480. The number of nitrogens with one attached hydrogen (secondary N) is 1. The summed E-state index contributed by atoms with van der Waals surface area (Å²) < 4.78 is 42.9. The molecule has 0 bridgehead atoms. The number of anilines is 2. The Hall–Kier alpha value is -3.64. The molecule has 0 spiro atoms. The Kier molecular flexibility index (Phi) is 6.54. The first-order valence-corrected chi connectivity index (χ1v) is 11.9. The minimum atomic E-state index is -3.09. The van der Waals surface area contributed by atoms with Gasteiger partial charge in [0.05, 0.1) is 24.5 Å². The second-order valence-electron chi connectivity index (χ2n) is 8.96. The zero-order chi connectivity index (χ0) is 26.3. The van der Waals surface area contributed by atoms with Crippen molar-refractivity contribution < 1.29 is 23.0 Å². The average molecular weight is 532 g/mol. The SMILES string of the molecule is CC(=O)Cc1cc(Oc2cnc3nc(Nc4cc(C(C)(F)F)n(C5CCOC5)n4)n(C)c3c2Cl)ccn1. The van der Waals surface area contributed by atoms with Crippen molar-refractivity contribution in [1.82, 2.24) is 29.3 Å². The first-order valence-electron chi connectivity index (χ1n) is 11.6. The molecule has 1 unspecified atom stereocenters. The molecule has 4 aromatic heterocycles. The van der Waals surface area contributed by atoms with E-state index < -0.39 is 5.92 Å². The molecule has 0 radical (unpaired) electrons. The average Bonchev–Trinajstić information content (AvgIpc) is 3.55. The number of nitrogens with zero attached hydrogens (tertiary/aromatic N) is 6. The largest absolute Gasteiger partial charge is 0.454 e. The lowest BCUT2D eigenvalue weighted by Gasteiger charge is -2.16. The third kappa shape index (κ3) is 5.12. The van der Waals surface area contributed by atoms with E-state index in [0.29, 0.717) is 48.2 Å². The van der Waals surface area contributed by atoms with E-state index in [2.05, 4.69) is 25.4 Å². The molecule has 194 valence electrons. The number of aromatic nitrogens is 6. The Balaban J connectivity index is 1.44. The fraction of sp³-hybridized carbons (Fsp3) is 0.375. The number of alkyl halides is 2. The van der Waals surface area contributed by atoms with Crippen molar-refractivity contribution in [3.63, 3.8) is 0 Å². The molecule has 1 aliphatic rings. The Morgan fingerprint density at radius 2 is 2.16 bits per heavy atom. The summed E-state index contributed by atoms with van der Waals surface area (Å²) in [6, 6.07) is 4.35. The molecule has 1 aliphatic heterocycles. The van der Waals surface area contributed by atoms with E-state index in [0.717, 1.165) is 6.92 Å². The molecular formula is C24H24ClF2N7O3. The summed E-state index contributed by atoms with van der Waals surface area (Å²) in [6.45, 7) is 3.15. The van der Waals surface area contributed by atoms with Crippen LogP contribution in [0, 0.1) is 0 Å². The van der Waals surface area contributed by atoms with Crippen molar-refractivity contribution in [3.8, 4) is 11.5 Å². The molecule has 0 saturated carbocycles. The Morgan fingerprint density at radius 3 is 2.86 bits per heavy atom. The predicted octanol–water partition coefficient (Wildman–Crippen LogP) is 4.95. The number of hydrogen-bond donors (Lipinski definition) is 1. The summed E-state index contributed by atoms with van der Waals surface area (Å²) >= 11 is 6.66. The van der Waals surface area contributed by atoms with Crippen LogP contribution in [0.1, 0.15) is 37.7 Å². The van der Waals surface area contributed by atoms with Crippen LogP contribution in [0.5, 0.6) is 11.5 Å². The van der Waals surface area contributed by atoms with Gasteiger partial charge in [-0.05, 0) is 19.4 Å². The van der Waals surface area contributed by atoms with Crippen molar-refractivity contribution in [2.24, 2.45) is 7.05 Å². The summed E-state index contributed by atoms with van der Waals surface area (Å²) in [4.78, 5) is 24.4. The van der Waals surface area contributed by atoms with Crippen LogP contribution in [0.2, 0.25) is 5.02 Å². The van der Waals surface area contributed by atoms with Crippen molar-refractivity contribution in [2.75, 3.05) is 18.5 Å². The summed E-state index contributed by atoms with van der Waals surface area (Å²) in [7, 11) is 1.71. The topological polar surface area (TPSA) is 109 Å². The minimum absolute atomic E-state index is 0.0168. The monoisotopic (exact) mass is 531 g/mol. The van der Waals surface area contributed by atoms with Crippen LogP contribution in [0.25, 0.3) is 11.2 Å². The van der Waals surface area contributed by atoms with E-state index in [-0.39, 0.29) is 40.5 Å². The van der Waals surface area contributed by atoms with Gasteiger partial charge in [0.25, 0.3) is 5.92 Å². The quantitative estimate of drug-likeness (QED) is 0.340. The number of halogens is 3. The number of carbonyl (C=O) groups excluding carboxylic acids is 1. The third-order valence-corrected chi connectivity index (χ3v) is 6.29. The highest BCUT2D eigenvalue weighted by molar-refractivity contribution is 6.36. The number of fused-ring (bicyclic) bond motifs is 1. The smallest absolute Gasteiger partial charge is 0.286 e. The number of ketones is 1. The summed E-state index contributed by atoms with van der Waals surface area (Å²) in [5.41, 5.74) is 1.17. The van der Waals surface area contributed by atoms with Crippen molar-refractivity contribution >= 4 is 40.3 Å². The summed E-state index contributed by atoms with van der Waals surface area (Å²) in [5, 5.41) is 7.64. The maximum atomic E-state index is 14.3. The van der Waals surface area contributed by atoms with Gasteiger partial charge in [-0.15, -0.1) is 0 Å². The van der Waals surface area contributed by atoms with E-state index in [1.165, 1.54) is 23.9 Å². The van der Waals surface area contributed by atoms with Crippen LogP contribution in [-0.4, -0.2) is 48.3 Å². The van der Waals surface area contributed by atoms with E-state index in [1.54, 1.807) is 29.9 Å². The molecule has 0 aliphatic carbocycles. The summed E-state index contributed by atoms with van der Waals surface area (Å²) in [5.74, 6) is -1.85. The fourth-order valence-corrected chi connectivity index (χ4v) is 4.48. The van der Waals surface area contributed by atoms with Gasteiger partial charge in [-0.1, -0.05) is 11.6 Å². The standard InChI is InChI=1S/C24H24ClF2N7O3/c1-13(35)8-14-9-16(4-6-28-14)37-17-11-29-22-21(20(17)25)33(3)23(31-22)30-19-10-18(24(2,26)27)34(32-19)15-5-7-36-12-15/h4,6,9-11,15H,5,7-8,12H2,1-3H3,(H,29,30,31,32). The predicted molar refractivity (Wildman–Crippen MR) is 132 cm³/mol. The molecule has 37 heavy (non-hydrogen) atoms. The van der Waals surface area contributed by atoms with Gasteiger partial charge < -0.3 is 19.4 Å². The molecule has 1 N–H and O–H groups in total. The van der Waals surface area contributed by atoms with Crippen LogP contribution in [-0.2, 0) is 28.9 Å². The van der Waals surface area contributed by atoms with Crippen LogP contribution in [0.3, 0.4) is 0 Å². The van der Waals surface area contributed by atoms with Gasteiger partial charge in [0, 0.05) is 45.3 Å². The lowest BCUT2D eigenvalue weighted by molar-refractivity contribution is -0.116. The Labute approximate surface area is 215 Å². The van der Waals surface area contributed by atoms with Gasteiger partial charge in [0.15, 0.2) is 17.2 Å². The molecule has 0 amide bonds. The zero-order valence-corrected chi connectivity index (χ0v) is 21.1. The number of rotatable bonds is 8. The van der Waals surface area contributed by atoms with E-state index >= 15 is 0 Å². The van der Waals surface area contributed by atoms with Gasteiger partial charge >= 0.3 is 0 Å². The van der Waals surface area contributed by atoms with Crippen LogP contribution >= 0.6 is 11.6 Å².